The van der Waals surface area contributed by atoms with Crippen LogP contribution in [0.5, 0.6) is 0 Å². The van der Waals surface area contributed by atoms with E-state index in [4.69, 9.17) is 5.26 Å². The number of hydrogen-bond acceptors (Lipinski definition) is 5. The van der Waals surface area contributed by atoms with Crippen LogP contribution in [0.1, 0.15) is 19.4 Å². The molecular formula is C17H24N4O3S. The van der Waals surface area contributed by atoms with Crippen molar-refractivity contribution in [2.75, 3.05) is 39.3 Å². The van der Waals surface area contributed by atoms with Gasteiger partial charge in [-0.3, -0.25) is 9.69 Å². The summed E-state index contributed by atoms with van der Waals surface area (Å²) in [6, 6.07) is 8.15. The molecule has 0 radical (unpaired) electrons. The third kappa shape index (κ3) is 5.01. The van der Waals surface area contributed by atoms with E-state index in [-0.39, 0.29) is 22.9 Å². The fourth-order valence-corrected chi connectivity index (χ4v) is 4.19. The molecule has 1 aromatic rings. The van der Waals surface area contributed by atoms with Gasteiger partial charge in [0, 0.05) is 32.7 Å². The second kappa shape index (κ2) is 8.43. The number of sulfonamides is 1. The minimum atomic E-state index is -3.69. The number of benzene rings is 1. The van der Waals surface area contributed by atoms with Crippen molar-refractivity contribution >= 4 is 15.9 Å². The molecule has 1 saturated heterocycles. The van der Waals surface area contributed by atoms with Gasteiger partial charge in [-0.05, 0) is 18.1 Å². The summed E-state index contributed by atoms with van der Waals surface area (Å²) in [6.45, 7) is 6.56. The molecule has 0 bridgehead atoms. The summed E-state index contributed by atoms with van der Waals surface area (Å²) in [5.74, 6) is 0.353. The van der Waals surface area contributed by atoms with Crippen LogP contribution in [0.4, 0.5) is 0 Å². The Morgan fingerprint density at radius 2 is 1.88 bits per heavy atom. The van der Waals surface area contributed by atoms with E-state index < -0.39 is 10.0 Å². The number of rotatable bonds is 6. The molecule has 25 heavy (non-hydrogen) atoms. The summed E-state index contributed by atoms with van der Waals surface area (Å²) < 4.78 is 26.9. The van der Waals surface area contributed by atoms with E-state index in [9.17, 15) is 13.2 Å². The van der Waals surface area contributed by atoms with Crippen LogP contribution in [0.15, 0.2) is 29.2 Å². The van der Waals surface area contributed by atoms with E-state index in [1.807, 2.05) is 24.8 Å². The highest BCUT2D eigenvalue weighted by Gasteiger charge is 2.30. The molecule has 7 nitrogen and oxygen atoms in total. The second-order valence-corrected chi connectivity index (χ2v) is 8.39. The SMILES string of the molecule is CC(C)CNC(=O)CN1CCN(S(=O)(=O)c2ccccc2C#N)CC1. The fraction of sp³-hybridized carbons (Fsp3) is 0.529. The van der Waals surface area contributed by atoms with Crippen molar-refractivity contribution in [2.45, 2.75) is 18.7 Å². The number of nitrogens with zero attached hydrogens (tertiary/aromatic N) is 3. The molecular weight excluding hydrogens is 340 g/mol. The summed E-state index contributed by atoms with van der Waals surface area (Å²) in [5, 5.41) is 12.0. The smallest absolute Gasteiger partial charge is 0.244 e. The molecule has 0 saturated carbocycles. The van der Waals surface area contributed by atoms with Gasteiger partial charge < -0.3 is 5.32 Å². The van der Waals surface area contributed by atoms with Gasteiger partial charge in [0.05, 0.1) is 17.0 Å². The van der Waals surface area contributed by atoms with Crippen LogP contribution in [0.3, 0.4) is 0 Å². The second-order valence-electron chi connectivity index (χ2n) is 6.49. The molecule has 1 fully saturated rings. The number of carbonyl (C=O) groups is 1. The van der Waals surface area contributed by atoms with Crippen molar-refractivity contribution in [1.29, 1.82) is 5.26 Å². The van der Waals surface area contributed by atoms with Crippen molar-refractivity contribution in [3.05, 3.63) is 29.8 Å². The summed E-state index contributed by atoms with van der Waals surface area (Å²) in [6.07, 6.45) is 0. The van der Waals surface area contributed by atoms with Crippen molar-refractivity contribution < 1.29 is 13.2 Å². The number of hydrogen-bond donors (Lipinski definition) is 1. The minimum Gasteiger partial charge on any atom is -0.355 e. The predicted molar refractivity (Wildman–Crippen MR) is 94.2 cm³/mol. The zero-order valence-corrected chi connectivity index (χ0v) is 15.4. The Kier molecular flexibility index (Phi) is 6.53. The maximum Gasteiger partial charge on any atom is 0.244 e. The Morgan fingerprint density at radius 1 is 1.24 bits per heavy atom. The van der Waals surface area contributed by atoms with Crippen molar-refractivity contribution in [2.24, 2.45) is 5.92 Å². The molecule has 2 rings (SSSR count). The van der Waals surface area contributed by atoms with E-state index in [1.165, 1.54) is 16.4 Å². The molecule has 1 N–H and O–H groups in total. The Bertz CT molecular complexity index is 747. The van der Waals surface area contributed by atoms with Gasteiger partial charge in [0.15, 0.2) is 0 Å². The standard InChI is InChI=1S/C17H24N4O3S/c1-14(2)12-19-17(22)13-20-7-9-21(10-8-20)25(23,24)16-6-4-3-5-15(16)11-18/h3-6,14H,7-10,12-13H2,1-2H3,(H,19,22). The zero-order valence-electron chi connectivity index (χ0n) is 14.6. The number of carbonyl (C=O) groups excluding carboxylic acids is 1. The molecule has 0 spiro atoms. The van der Waals surface area contributed by atoms with Gasteiger partial charge in [-0.15, -0.1) is 0 Å². The third-order valence-corrected chi connectivity index (χ3v) is 5.99. The molecule has 1 aliphatic heterocycles. The van der Waals surface area contributed by atoms with E-state index in [0.29, 0.717) is 38.6 Å². The van der Waals surface area contributed by atoms with Crippen LogP contribution in [-0.4, -0.2) is 62.8 Å². The quantitative estimate of drug-likeness (QED) is 0.799. The molecule has 1 heterocycles. The van der Waals surface area contributed by atoms with Crippen LogP contribution in [-0.2, 0) is 14.8 Å². The average Bonchev–Trinajstić information content (AvgIpc) is 2.60. The first-order valence-corrected chi connectivity index (χ1v) is 9.77. The van der Waals surface area contributed by atoms with Crippen molar-refractivity contribution in [3.8, 4) is 6.07 Å². The van der Waals surface area contributed by atoms with E-state index >= 15 is 0 Å². The Labute approximate surface area is 149 Å². The molecule has 1 amide bonds. The zero-order chi connectivity index (χ0) is 18.4. The Hall–Kier alpha value is -1.95. The molecule has 0 aliphatic carbocycles. The first kappa shape index (κ1) is 19.4. The van der Waals surface area contributed by atoms with Gasteiger partial charge >= 0.3 is 0 Å². The summed E-state index contributed by atoms with van der Waals surface area (Å²) in [5.41, 5.74) is 0.151. The lowest BCUT2D eigenvalue weighted by atomic mass is 10.2. The topological polar surface area (TPSA) is 93.5 Å². The molecule has 0 atom stereocenters. The highest BCUT2D eigenvalue weighted by Crippen LogP contribution is 2.20. The predicted octanol–water partition coefficient (Wildman–Crippen LogP) is 0.637. The van der Waals surface area contributed by atoms with Crippen LogP contribution in [0.25, 0.3) is 0 Å². The average molecular weight is 364 g/mol. The summed E-state index contributed by atoms with van der Waals surface area (Å²) in [4.78, 5) is 13.9. The summed E-state index contributed by atoms with van der Waals surface area (Å²) >= 11 is 0. The van der Waals surface area contributed by atoms with Gasteiger partial charge in [-0.25, -0.2) is 8.42 Å². The third-order valence-electron chi connectivity index (χ3n) is 4.03. The highest BCUT2D eigenvalue weighted by molar-refractivity contribution is 7.89. The van der Waals surface area contributed by atoms with E-state index in [2.05, 4.69) is 5.32 Å². The maximum atomic E-state index is 12.8. The van der Waals surface area contributed by atoms with Crippen molar-refractivity contribution in [1.82, 2.24) is 14.5 Å². The van der Waals surface area contributed by atoms with Crippen LogP contribution in [0.2, 0.25) is 0 Å². The Morgan fingerprint density at radius 3 is 2.48 bits per heavy atom. The van der Waals surface area contributed by atoms with Gasteiger partial charge in [0.25, 0.3) is 0 Å². The van der Waals surface area contributed by atoms with Gasteiger partial charge in [-0.2, -0.15) is 9.57 Å². The maximum absolute atomic E-state index is 12.8. The van der Waals surface area contributed by atoms with Gasteiger partial charge in [0.1, 0.15) is 6.07 Å². The van der Waals surface area contributed by atoms with Crippen LogP contribution < -0.4 is 5.32 Å². The number of amides is 1. The first-order chi connectivity index (χ1) is 11.8. The lowest BCUT2D eigenvalue weighted by molar-refractivity contribution is -0.122. The normalized spacial score (nSPS) is 16.6. The molecule has 1 aliphatic rings. The Balaban J connectivity index is 1.95. The lowest BCUT2D eigenvalue weighted by Crippen LogP contribution is -2.51. The van der Waals surface area contributed by atoms with Gasteiger partial charge in [0.2, 0.25) is 15.9 Å². The number of nitriles is 1. The molecule has 0 unspecified atom stereocenters. The molecule has 0 aromatic heterocycles. The molecule has 1 aromatic carbocycles. The van der Waals surface area contributed by atoms with Crippen LogP contribution >= 0.6 is 0 Å². The van der Waals surface area contributed by atoms with Gasteiger partial charge in [-0.1, -0.05) is 26.0 Å². The monoisotopic (exact) mass is 364 g/mol. The molecule has 8 heteroatoms. The fourth-order valence-electron chi connectivity index (χ4n) is 2.63. The minimum absolute atomic E-state index is 0.0418. The van der Waals surface area contributed by atoms with E-state index in [1.54, 1.807) is 12.1 Å². The van der Waals surface area contributed by atoms with Crippen LogP contribution in [0, 0.1) is 17.2 Å². The number of piperazine rings is 1. The highest BCUT2D eigenvalue weighted by atomic mass is 32.2. The largest absolute Gasteiger partial charge is 0.355 e. The van der Waals surface area contributed by atoms with E-state index in [0.717, 1.165) is 0 Å². The lowest BCUT2D eigenvalue weighted by Gasteiger charge is -2.33. The number of nitrogens with one attached hydrogen (secondary N) is 1. The molecule has 136 valence electrons. The van der Waals surface area contributed by atoms with Crippen molar-refractivity contribution in [3.63, 3.8) is 0 Å². The summed E-state index contributed by atoms with van der Waals surface area (Å²) in [7, 11) is -3.69. The first-order valence-electron chi connectivity index (χ1n) is 8.33.